The number of nitrogens with two attached hydrogens (primary N) is 1. The molecule has 0 aromatic heterocycles. The van der Waals surface area contributed by atoms with Crippen LogP contribution in [-0.4, -0.2) is 10.1 Å². The molecule has 0 radical (unpaired) electrons. The van der Waals surface area contributed by atoms with Crippen molar-refractivity contribution in [1.29, 1.82) is 0 Å². The molecule has 0 aromatic rings. The zero-order valence-corrected chi connectivity index (χ0v) is 4.81. The Morgan fingerprint density at radius 2 is 2.62 bits per heavy atom. The van der Waals surface area contributed by atoms with E-state index in [1.165, 1.54) is 11.3 Å². The molecule has 44 valence electrons. The number of rotatable bonds is 0. The minimum absolute atomic E-state index is 0.235. The van der Waals surface area contributed by atoms with Gasteiger partial charge in [-0.25, -0.2) is 5.01 Å². The summed E-state index contributed by atoms with van der Waals surface area (Å²) in [4.78, 5) is 4.55. The van der Waals surface area contributed by atoms with E-state index in [0.717, 1.165) is 0 Å². The van der Waals surface area contributed by atoms with Gasteiger partial charge < -0.3 is 10.6 Å². The highest BCUT2D eigenvalue weighted by molar-refractivity contribution is 7.80. The third-order valence-electron chi connectivity index (χ3n) is 0.666. The molecule has 8 heavy (non-hydrogen) atoms. The molecular weight excluding hydrogens is 126 g/mol. The van der Waals surface area contributed by atoms with Crippen molar-refractivity contribution in [3.05, 3.63) is 12.5 Å². The summed E-state index contributed by atoms with van der Waals surface area (Å²) in [5.74, 6) is 0. The maximum Gasteiger partial charge on any atom is 0.187 e. The van der Waals surface area contributed by atoms with E-state index in [4.69, 9.17) is 5.73 Å². The van der Waals surface area contributed by atoms with E-state index in [9.17, 15) is 0 Å². The largest absolute Gasteiger partial charge is 0.395 e. The summed E-state index contributed by atoms with van der Waals surface area (Å²) < 4.78 is 0. The normalized spacial score (nSPS) is 16.2. The van der Waals surface area contributed by atoms with Gasteiger partial charge in [0.15, 0.2) is 5.11 Å². The molecule has 1 aliphatic rings. The third-order valence-corrected chi connectivity index (χ3v) is 0.863. The Balaban J connectivity index is 2.48. The second-order valence-electron chi connectivity index (χ2n) is 1.20. The number of hydrogen-bond acceptors (Lipinski definition) is 3. The first kappa shape index (κ1) is 5.33. The average Bonchev–Trinajstić information content (AvgIpc) is 2.12. The fourth-order valence-corrected chi connectivity index (χ4v) is 0.426. The zero-order chi connectivity index (χ0) is 5.98. The summed E-state index contributed by atoms with van der Waals surface area (Å²) in [5, 5.41) is 1.62. The molecule has 0 aliphatic carbocycles. The minimum Gasteiger partial charge on any atom is -0.395 e. The maximum absolute atomic E-state index is 5.16. The monoisotopic (exact) mass is 131 g/mol. The van der Waals surface area contributed by atoms with E-state index in [1.807, 2.05) is 0 Å². The first-order chi connectivity index (χ1) is 3.80. The van der Waals surface area contributed by atoms with E-state index in [2.05, 4.69) is 22.6 Å². The van der Waals surface area contributed by atoms with E-state index < -0.39 is 0 Å². The molecule has 4 nitrogen and oxygen atoms in total. The van der Waals surface area contributed by atoms with Crippen molar-refractivity contribution in [2.24, 2.45) is 5.73 Å². The van der Waals surface area contributed by atoms with Gasteiger partial charge in [-0.15, -0.1) is 0 Å². The maximum atomic E-state index is 5.16. The molecule has 3 N–H and O–H groups in total. The van der Waals surface area contributed by atoms with E-state index in [-0.39, 0.29) is 5.11 Å². The fourth-order valence-electron chi connectivity index (χ4n) is 0.327. The van der Waals surface area contributed by atoms with E-state index in [1.54, 1.807) is 6.20 Å². The first-order valence-electron chi connectivity index (χ1n) is 1.97. The van der Waals surface area contributed by atoms with Gasteiger partial charge in [0.2, 0.25) is 0 Å². The lowest BCUT2D eigenvalue weighted by molar-refractivity contribution is 0.0772. The smallest absolute Gasteiger partial charge is 0.187 e. The van der Waals surface area contributed by atoms with Crippen molar-refractivity contribution in [3.8, 4) is 0 Å². The lowest BCUT2D eigenvalue weighted by atomic mass is 10.9. The number of nitrogens with one attached hydrogen (secondary N) is 1. The Morgan fingerprint density at radius 3 is 2.88 bits per heavy atom. The quantitative estimate of drug-likeness (QED) is 0.432. The lowest BCUT2D eigenvalue weighted by Crippen LogP contribution is -2.37. The van der Waals surface area contributed by atoms with Crippen LogP contribution in [0, 0.1) is 0 Å². The van der Waals surface area contributed by atoms with Crippen LogP contribution in [0.2, 0.25) is 0 Å². The molecule has 0 saturated heterocycles. The van der Waals surface area contributed by atoms with Gasteiger partial charge in [0.05, 0.1) is 6.20 Å². The minimum atomic E-state index is 0.235. The number of thiocarbonyl (C=S) groups is 1. The van der Waals surface area contributed by atoms with E-state index >= 15 is 0 Å². The Kier molecular flexibility index (Phi) is 1.32. The topological polar surface area (TPSA) is 50.5 Å². The average molecular weight is 131 g/mol. The summed E-state index contributed by atoms with van der Waals surface area (Å²) in [6.45, 7) is 0. The summed E-state index contributed by atoms with van der Waals surface area (Å²) in [6, 6.07) is 0. The number of hydrazine groups is 1. The van der Waals surface area contributed by atoms with E-state index in [0.29, 0.717) is 0 Å². The Hall–Kier alpha value is -0.810. The molecule has 0 unspecified atom stereocenters. The standard InChI is InChI=1S/C3H5N3OS/c4-3(8)6-1-2-7-5-6/h1-2,5H,(H2,4,8). The number of hydrogen-bond donors (Lipinski definition) is 2. The molecular formula is C3H5N3OS. The van der Waals surface area contributed by atoms with Gasteiger partial charge in [-0.3, -0.25) is 0 Å². The highest BCUT2D eigenvalue weighted by Crippen LogP contribution is 1.91. The molecule has 0 bridgehead atoms. The predicted octanol–water partition coefficient (Wildman–Crippen LogP) is -0.547. The SMILES string of the molecule is NC(=S)N1C=CON1. The van der Waals surface area contributed by atoms with Crippen molar-refractivity contribution in [3.63, 3.8) is 0 Å². The lowest BCUT2D eigenvalue weighted by Gasteiger charge is -2.08. The molecule has 5 heteroatoms. The zero-order valence-electron chi connectivity index (χ0n) is 4.00. The molecule has 0 saturated carbocycles. The third kappa shape index (κ3) is 0.877. The molecule has 0 spiro atoms. The van der Waals surface area contributed by atoms with Crippen LogP contribution in [0.3, 0.4) is 0 Å². The van der Waals surface area contributed by atoms with Crippen LogP contribution in [0.1, 0.15) is 0 Å². The van der Waals surface area contributed by atoms with Crippen molar-refractivity contribution in [2.45, 2.75) is 0 Å². The van der Waals surface area contributed by atoms with Crippen LogP contribution in [0.25, 0.3) is 0 Å². The summed E-state index contributed by atoms with van der Waals surface area (Å²) in [6.07, 6.45) is 3.03. The van der Waals surface area contributed by atoms with Crippen LogP contribution < -0.4 is 11.3 Å². The Labute approximate surface area is 51.8 Å². The van der Waals surface area contributed by atoms with Gasteiger partial charge in [0, 0.05) is 0 Å². The fraction of sp³-hybridized carbons (Fsp3) is 0. The van der Waals surface area contributed by atoms with Crippen molar-refractivity contribution in [2.75, 3.05) is 0 Å². The van der Waals surface area contributed by atoms with Gasteiger partial charge in [-0.1, -0.05) is 5.59 Å². The van der Waals surface area contributed by atoms with Crippen LogP contribution in [-0.2, 0) is 4.84 Å². The van der Waals surface area contributed by atoms with Gasteiger partial charge in [0.1, 0.15) is 6.26 Å². The molecule has 1 heterocycles. The van der Waals surface area contributed by atoms with Crippen molar-refractivity contribution < 1.29 is 4.84 Å². The molecule has 0 amide bonds. The first-order valence-corrected chi connectivity index (χ1v) is 2.38. The van der Waals surface area contributed by atoms with Crippen molar-refractivity contribution in [1.82, 2.24) is 10.6 Å². The molecule has 1 aliphatic heterocycles. The van der Waals surface area contributed by atoms with Gasteiger partial charge in [-0.05, 0) is 12.2 Å². The van der Waals surface area contributed by atoms with Gasteiger partial charge in [-0.2, -0.15) is 0 Å². The number of nitrogens with zero attached hydrogens (tertiary/aromatic N) is 1. The van der Waals surface area contributed by atoms with Crippen LogP contribution in [0.5, 0.6) is 0 Å². The summed E-state index contributed by atoms with van der Waals surface area (Å²) in [5.41, 5.74) is 7.57. The van der Waals surface area contributed by atoms with Crippen LogP contribution >= 0.6 is 12.2 Å². The highest BCUT2D eigenvalue weighted by Gasteiger charge is 2.04. The molecule has 0 fully saturated rings. The van der Waals surface area contributed by atoms with Gasteiger partial charge >= 0.3 is 0 Å². The Morgan fingerprint density at radius 1 is 1.88 bits per heavy atom. The van der Waals surface area contributed by atoms with Crippen LogP contribution in [0.4, 0.5) is 0 Å². The predicted molar refractivity (Wildman–Crippen MR) is 32.0 cm³/mol. The van der Waals surface area contributed by atoms with Crippen LogP contribution in [0.15, 0.2) is 12.5 Å². The summed E-state index contributed by atoms with van der Waals surface area (Å²) in [7, 11) is 0. The molecule has 0 aromatic carbocycles. The second kappa shape index (κ2) is 1.97. The second-order valence-corrected chi connectivity index (χ2v) is 1.62. The molecule has 1 rings (SSSR count). The van der Waals surface area contributed by atoms with Gasteiger partial charge in [0.25, 0.3) is 0 Å². The van der Waals surface area contributed by atoms with Crippen molar-refractivity contribution >= 4 is 17.3 Å². The Bertz CT molecular complexity index is 134. The summed E-state index contributed by atoms with van der Waals surface area (Å²) >= 11 is 4.57. The highest BCUT2D eigenvalue weighted by atomic mass is 32.1. The molecule has 0 atom stereocenters.